The first kappa shape index (κ1) is 14.2. The van der Waals surface area contributed by atoms with E-state index in [1.165, 1.54) is 15.4 Å². The molecule has 0 amide bonds. The Morgan fingerprint density at radius 1 is 1.26 bits per heavy atom. The lowest BCUT2D eigenvalue weighted by atomic mass is 10.2. The van der Waals surface area contributed by atoms with Crippen molar-refractivity contribution in [3.63, 3.8) is 0 Å². The van der Waals surface area contributed by atoms with Crippen LogP contribution in [0.3, 0.4) is 0 Å². The molecule has 19 heavy (non-hydrogen) atoms. The average Bonchev–Trinajstić information content (AvgIpc) is 2.76. The van der Waals surface area contributed by atoms with Crippen LogP contribution in [0.2, 0.25) is 0 Å². The Labute approximate surface area is 118 Å². The first-order valence-electron chi connectivity index (χ1n) is 6.48. The maximum Gasteiger partial charge on any atom is 0.0975 e. The van der Waals surface area contributed by atoms with Crippen LogP contribution in [-0.2, 0) is 17.7 Å². The Bertz CT molecular complexity index is 496. The molecule has 0 fully saturated rings. The molecule has 0 aliphatic heterocycles. The zero-order valence-corrected chi connectivity index (χ0v) is 12.3. The van der Waals surface area contributed by atoms with Crippen molar-refractivity contribution in [2.24, 2.45) is 0 Å². The van der Waals surface area contributed by atoms with E-state index in [4.69, 9.17) is 4.74 Å². The summed E-state index contributed by atoms with van der Waals surface area (Å²) < 4.78 is 5.02. The number of nitrogens with one attached hydrogen (secondary N) is 1. The number of ether oxygens (including phenoxy) is 1. The fourth-order valence-corrected chi connectivity index (χ4v) is 2.95. The number of aromatic nitrogens is 1. The van der Waals surface area contributed by atoms with Gasteiger partial charge >= 0.3 is 0 Å². The van der Waals surface area contributed by atoms with Crippen molar-refractivity contribution in [1.82, 2.24) is 10.3 Å². The highest BCUT2D eigenvalue weighted by Crippen LogP contribution is 2.20. The van der Waals surface area contributed by atoms with Gasteiger partial charge in [-0.3, -0.25) is 0 Å². The zero-order chi connectivity index (χ0) is 13.5. The molecule has 0 unspecified atom stereocenters. The summed E-state index contributed by atoms with van der Waals surface area (Å²) in [6.07, 6.45) is 0.921. The van der Waals surface area contributed by atoms with Crippen molar-refractivity contribution in [3.05, 3.63) is 51.5 Å². The van der Waals surface area contributed by atoms with E-state index >= 15 is 0 Å². The van der Waals surface area contributed by atoms with Gasteiger partial charge in [-0.05, 0) is 12.5 Å². The summed E-state index contributed by atoms with van der Waals surface area (Å²) in [7, 11) is 1.72. The van der Waals surface area contributed by atoms with Crippen molar-refractivity contribution < 1.29 is 4.74 Å². The highest BCUT2D eigenvalue weighted by molar-refractivity contribution is 7.11. The second-order valence-corrected chi connectivity index (χ2v) is 5.62. The highest BCUT2D eigenvalue weighted by atomic mass is 32.1. The molecule has 2 aromatic rings. The lowest BCUT2D eigenvalue weighted by molar-refractivity contribution is 0.199. The predicted molar refractivity (Wildman–Crippen MR) is 79.7 cm³/mol. The molecule has 2 rings (SSSR count). The van der Waals surface area contributed by atoms with Crippen molar-refractivity contribution in [1.29, 1.82) is 0 Å². The first-order valence-corrected chi connectivity index (χ1v) is 7.30. The van der Waals surface area contributed by atoms with E-state index in [1.54, 1.807) is 18.4 Å². The van der Waals surface area contributed by atoms with Crippen LogP contribution in [0, 0.1) is 6.92 Å². The van der Waals surface area contributed by atoms with E-state index in [1.807, 2.05) is 6.07 Å². The lowest BCUT2D eigenvalue weighted by Crippen LogP contribution is -2.18. The minimum Gasteiger partial charge on any atom is -0.383 e. The van der Waals surface area contributed by atoms with E-state index in [0.29, 0.717) is 0 Å². The van der Waals surface area contributed by atoms with E-state index < -0.39 is 0 Å². The minimum absolute atomic E-state index is 0.745. The summed E-state index contributed by atoms with van der Waals surface area (Å²) in [4.78, 5) is 5.97. The molecule has 102 valence electrons. The minimum atomic E-state index is 0.745. The topological polar surface area (TPSA) is 34.1 Å². The number of benzene rings is 1. The van der Waals surface area contributed by atoms with Crippen molar-refractivity contribution in [2.75, 3.05) is 20.3 Å². The summed E-state index contributed by atoms with van der Waals surface area (Å²) in [5, 5.41) is 4.55. The molecular formula is C15H20N2OS. The van der Waals surface area contributed by atoms with Gasteiger partial charge in [-0.15, -0.1) is 11.3 Å². The maximum atomic E-state index is 5.02. The van der Waals surface area contributed by atoms with Gasteiger partial charge in [0.25, 0.3) is 0 Å². The number of nitrogens with zero attached hydrogens (tertiary/aromatic N) is 1. The second-order valence-electron chi connectivity index (χ2n) is 4.45. The fraction of sp³-hybridized carbons (Fsp3) is 0.400. The average molecular weight is 276 g/mol. The monoisotopic (exact) mass is 276 g/mol. The quantitative estimate of drug-likeness (QED) is 0.790. The highest BCUT2D eigenvalue weighted by Gasteiger charge is 2.07. The SMILES string of the molecule is COCCNCc1sc(Cc2ccccc2)nc1C. The van der Waals surface area contributed by atoms with Crippen molar-refractivity contribution >= 4 is 11.3 Å². The lowest BCUT2D eigenvalue weighted by Gasteiger charge is -2.01. The summed E-state index contributed by atoms with van der Waals surface area (Å²) in [6.45, 7) is 4.58. The molecule has 1 N–H and O–H groups in total. The smallest absolute Gasteiger partial charge is 0.0975 e. The Morgan fingerprint density at radius 2 is 2.05 bits per heavy atom. The molecule has 3 nitrogen and oxygen atoms in total. The van der Waals surface area contributed by atoms with Gasteiger partial charge in [-0.2, -0.15) is 0 Å². The Hall–Kier alpha value is -1.23. The number of methoxy groups -OCH3 is 1. The van der Waals surface area contributed by atoms with Gasteiger partial charge in [0.15, 0.2) is 0 Å². The molecule has 0 saturated carbocycles. The van der Waals surface area contributed by atoms with Gasteiger partial charge in [0.1, 0.15) is 0 Å². The van der Waals surface area contributed by atoms with Crippen molar-refractivity contribution in [2.45, 2.75) is 19.9 Å². The summed E-state index contributed by atoms with van der Waals surface area (Å²) in [5.74, 6) is 0. The van der Waals surface area contributed by atoms with Gasteiger partial charge < -0.3 is 10.1 Å². The zero-order valence-electron chi connectivity index (χ0n) is 11.5. The molecule has 0 saturated heterocycles. The molecular weight excluding hydrogens is 256 g/mol. The molecule has 1 heterocycles. The summed E-state index contributed by atoms with van der Waals surface area (Å²) >= 11 is 1.80. The first-order chi connectivity index (χ1) is 9.29. The predicted octanol–water partition coefficient (Wildman–Crippen LogP) is 2.78. The summed E-state index contributed by atoms with van der Waals surface area (Å²) in [6, 6.07) is 10.5. The van der Waals surface area contributed by atoms with Crippen LogP contribution in [0.1, 0.15) is 21.1 Å². The summed E-state index contributed by atoms with van der Waals surface area (Å²) in [5.41, 5.74) is 2.45. The molecule has 0 spiro atoms. The van der Waals surface area contributed by atoms with Gasteiger partial charge in [0.2, 0.25) is 0 Å². The molecule has 0 atom stereocenters. The Morgan fingerprint density at radius 3 is 2.79 bits per heavy atom. The van der Waals surface area contributed by atoms with Crippen LogP contribution >= 0.6 is 11.3 Å². The molecule has 1 aromatic carbocycles. The third-order valence-corrected chi connectivity index (χ3v) is 4.06. The third-order valence-electron chi connectivity index (χ3n) is 2.90. The van der Waals surface area contributed by atoms with Crippen LogP contribution in [0.25, 0.3) is 0 Å². The number of hydrogen-bond acceptors (Lipinski definition) is 4. The third kappa shape index (κ3) is 4.42. The van der Waals surface area contributed by atoms with Crippen LogP contribution in [-0.4, -0.2) is 25.2 Å². The largest absolute Gasteiger partial charge is 0.383 e. The molecule has 0 aliphatic carbocycles. The normalized spacial score (nSPS) is 10.8. The van der Waals surface area contributed by atoms with Crippen LogP contribution in [0.15, 0.2) is 30.3 Å². The van der Waals surface area contributed by atoms with Crippen LogP contribution < -0.4 is 5.32 Å². The molecule has 0 aliphatic rings. The van der Waals surface area contributed by atoms with E-state index in [2.05, 4.69) is 41.5 Å². The number of rotatable bonds is 7. The van der Waals surface area contributed by atoms with Crippen LogP contribution in [0.5, 0.6) is 0 Å². The van der Waals surface area contributed by atoms with Gasteiger partial charge in [0.05, 0.1) is 17.3 Å². The van der Waals surface area contributed by atoms with Crippen LogP contribution in [0.4, 0.5) is 0 Å². The number of aryl methyl sites for hydroxylation is 1. The second kappa shape index (κ2) is 7.38. The van der Waals surface area contributed by atoms with E-state index in [9.17, 15) is 0 Å². The molecule has 0 bridgehead atoms. The van der Waals surface area contributed by atoms with Gasteiger partial charge in [-0.1, -0.05) is 30.3 Å². The van der Waals surface area contributed by atoms with Gasteiger partial charge in [-0.25, -0.2) is 4.98 Å². The standard InChI is InChI=1S/C15H20N2OS/c1-12-14(11-16-8-9-18-2)19-15(17-12)10-13-6-4-3-5-7-13/h3-7,16H,8-11H2,1-2H3. The molecule has 1 aromatic heterocycles. The maximum absolute atomic E-state index is 5.02. The Kier molecular flexibility index (Phi) is 5.51. The van der Waals surface area contributed by atoms with E-state index in [-0.39, 0.29) is 0 Å². The van der Waals surface area contributed by atoms with E-state index in [0.717, 1.165) is 31.8 Å². The number of hydrogen-bond donors (Lipinski definition) is 1. The van der Waals surface area contributed by atoms with Gasteiger partial charge in [0, 0.05) is 31.5 Å². The Balaban J connectivity index is 1.93. The number of thiazole rings is 1. The van der Waals surface area contributed by atoms with Crippen molar-refractivity contribution in [3.8, 4) is 0 Å². The molecule has 4 heteroatoms. The fourth-order valence-electron chi connectivity index (χ4n) is 1.87. The molecule has 0 radical (unpaired) electrons.